The smallest absolute Gasteiger partial charge is 0.243 e. The summed E-state index contributed by atoms with van der Waals surface area (Å²) in [5, 5.41) is 8.89. The quantitative estimate of drug-likeness (QED) is 0.676. The minimum atomic E-state index is -1.08. The van der Waals surface area contributed by atoms with E-state index in [-0.39, 0.29) is 0 Å². The van der Waals surface area contributed by atoms with Gasteiger partial charge in [0.15, 0.2) is 0 Å². The maximum Gasteiger partial charge on any atom is 0.243 e. The molecule has 0 amide bonds. The van der Waals surface area contributed by atoms with Crippen LogP contribution in [0.2, 0.25) is 0 Å². The van der Waals surface area contributed by atoms with Crippen molar-refractivity contribution in [2.24, 2.45) is 0 Å². The van der Waals surface area contributed by atoms with E-state index in [1.54, 1.807) is 0 Å². The van der Waals surface area contributed by atoms with Crippen LogP contribution < -0.4 is 9.67 Å². The SMILES string of the molecule is CC(=O)[O-].CCCn1cc[n+](CCC)c1. The second-order valence-electron chi connectivity index (χ2n) is 3.38. The molecule has 15 heavy (non-hydrogen) atoms. The number of carboxylic acid groups (broad SMARTS) is 1. The monoisotopic (exact) mass is 212 g/mol. The molecule has 0 fully saturated rings. The Morgan fingerprint density at radius 2 is 2.00 bits per heavy atom. The highest BCUT2D eigenvalue weighted by Crippen LogP contribution is 1.88. The zero-order valence-corrected chi connectivity index (χ0v) is 9.77. The van der Waals surface area contributed by atoms with Crippen LogP contribution in [0.15, 0.2) is 18.7 Å². The minimum absolute atomic E-state index is 0.972. The lowest BCUT2D eigenvalue weighted by molar-refractivity contribution is -0.696. The molecule has 86 valence electrons. The van der Waals surface area contributed by atoms with E-state index in [1.807, 2.05) is 0 Å². The molecule has 1 aromatic heterocycles. The van der Waals surface area contributed by atoms with E-state index in [4.69, 9.17) is 9.90 Å². The summed E-state index contributed by atoms with van der Waals surface area (Å²) in [5.41, 5.74) is 0. The number of hydrogen-bond acceptors (Lipinski definition) is 2. The molecule has 0 saturated heterocycles. The van der Waals surface area contributed by atoms with Crippen molar-refractivity contribution in [2.75, 3.05) is 0 Å². The molecule has 0 aliphatic rings. The fraction of sp³-hybridized carbons (Fsp3) is 0.636. The van der Waals surface area contributed by atoms with E-state index < -0.39 is 5.97 Å². The van der Waals surface area contributed by atoms with Gasteiger partial charge in [0.25, 0.3) is 0 Å². The number of imidazole rings is 1. The van der Waals surface area contributed by atoms with E-state index in [2.05, 4.69) is 41.7 Å². The van der Waals surface area contributed by atoms with Crippen LogP contribution in [0.5, 0.6) is 0 Å². The molecular weight excluding hydrogens is 192 g/mol. The number of carbonyl (C=O) groups is 1. The van der Waals surface area contributed by atoms with E-state index in [9.17, 15) is 0 Å². The largest absolute Gasteiger partial charge is 0.550 e. The zero-order chi connectivity index (χ0) is 11.7. The third-order valence-electron chi connectivity index (χ3n) is 1.71. The maximum absolute atomic E-state index is 8.89. The number of nitrogens with zero attached hydrogens (tertiary/aromatic N) is 2. The number of hydrogen-bond donors (Lipinski definition) is 0. The molecule has 1 heterocycles. The van der Waals surface area contributed by atoms with E-state index in [0.717, 1.165) is 20.0 Å². The Morgan fingerprint density at radius 1 is 1.40 bits per heavy atom. The summed E-state index contributed by atoms with van der Waals surface area (Å²) in [5.74, 6) is -1.08. The highest BCUT2D eigenvalue weighted by atomic mass is 16.4. The van der Waals surface area contributed by atoms with Gasteiger partial charge in [0, 0.05) is 5.97 Å². The molecule has 0 N–H and O–H groups in total. The third kappa shape index (κ3) is 7.73. The van der Waals surface area contributed by atoms with E-state index in [1.165, 1.54) is 12.8 Å². The van der Waals surface area contributed by atoms with Gasteiger partial charge in [-0.05, 0) is 19.8 Å². The first-order valence-electron chi connectivity index (χ1n) is 5.32. The fourth-order valence-corrected chi connectivity index (χ4v) is 1.22. The molecule has 0 saturated carbocycles. The summed E-state index contributed by atoms with van der Waals surface area (Å²) in [7, 11) is 0. The molecule has 0 spiro atoms. The lowest BCUT2D eigenvalue weighted by atomic mass is 10.5. The molecular formula is C11H20N2O2. The normalized spacial score (nSPS) is 9.27. The number of rotatable bonds is 4. The van der Waals surface area contributed by atoms with Gasteiger partial charge in [-0.3, -0.25) is 0 Å². The first-order chi connectivity index (χ1) is 7.10. The van der Waals surface area contributed by atoms with Crippen molar-refractivity contribution in [3.05, 3.63) is 18.7 Å². The molecule has 4 nitrogen and oxygen atoms in total. The van der Waals surface area contributed by atoms with Gasteiger partial charge in [-0.25, -0.2) is 9.13 Å². The molecule has 0 bridgehead atoms. The molecule has 0 aliphatic heterocycles. The van der Waals surface area contributed by atoms with Crippen LogP contribution in [0.25, 0.3) is 0 Å². The van der Waals surface area contributed by atoms with Crippen LogP contribution in [0, 0.1) is 0 Å². The van der Waals surface area contributed by atoms with Crippen molar-refractivity contribution in [3.8, 4) is 0 Å². The Hall–Kier alpha value is -1.32. The van der Waals surface area contributed by atoms with Gasteiger partial charge >= 0.3 is 0 Å². The number of aromatic nitrogens is 2. The van der Waals surface area contributed by atoms with E-state index >= 15 is 0 Å². The topological polar surface area (TPSA) is 48.9 Å². The van der Waals surface area contributed by atoms with Crippen LogP contribution in [0.1, 0.15) is 33.6 Å². The average Bonchev–Trinajstić information content (AvgIpc) is 2.53. The van der Waals surface area contributed by atoms with Crippen LogP contribution in [-0.4, -0.2) is 10.5 Å². The first-order valence-corrected chi connectivity index (χ1v) is 5.32. The van der Waals surface area contributed by atoms with Crippen LogP contribution in [-0.2, 0) is 17.9 Å². The van der Waals surface area contributed by atoms with Gasteiger partial charge in [-0.15, -0.1) is 0 Å². The second kappa shape index (κ2) is 8.03. The van der Waals surface area contributed by atoms with Crippen LogP contribution >= 0.6 is 0 Å². The van der Waals surface area contributed by atoms with Gasteiger partial charge in [0.05, 0.1) is 13.1 Å². The van der Waals surface area contributed by atoms with Crippen molar-refractivity contribution < 1.29 is 14.5 Å². The van der Waals surface area contributed by atoms with Gasteiger partial charge in [-0.2, -0.15) is 0 Å². The fourth-order valence-electron chi connectivity index (χ4n) is 1.22. The first kappa shape index (κ1) is 13.7. The summed E-state index contributed by atoms with van der Waals surface area (Å²) in [6.07, 6.45) is 8.87. The minimum Gasteiger partial charge on any atom is -0.550 e. The van der Waals surface area contributed by atoms with Crippen molar-refractivity contribution >= 4 is 5.97 Å². The predicted molar refractivity (Wildman–Crippen MR) is 55.9 cm³/mol. The van der Waals surface area contributed by atoms with Gasteiger partial charge in [-0.1, -0.05) is 13.8 Å². The maximum atomic E-state index is 8.89. The lowest BCUT2D eigenvalue weighted by Crippen LogP contribution is -2.30. The van der Waals surface area contributed by atoms with Crippen molar-refractivity contribution in [3.63, 3.8) is 0 Å². The molecule has 0 radical (unpaired) electrons. The Morgan fingerprint density at radius 3 is 2.47 bits per heavy atom. The van der Waals surface area contributed by atoms with Gasteiger partial charge in [0.2, 0.25) is 6.33 Å². The Balaban J connectivity index is 0.000000423. The van der Waals surface area contributed by atoms with Crippen molar-refractivity contribution in [1.82, 2.24) is 4.57 Å². The number of carboxylic acids is 1. The lowest BCUT2D eigenvalue weighted by Gasteiger charge is -1.90. The highest BCUT2D eigenvalue weighted by Gasteiger charge is 1.99. The Bertz CT molecular complexity index is 257. The second-order valence-corrected chi connectivity index (χ2v) is 3.38. The van der Waals surface area contributed by atoms with Crippen molar-refractivity contribution in [1.29, 1.82) is 0 Å². The van der Waals surface area contributed by atoms with Gasteiger partial charge in [0.1, 0.15) is 12.4 Å². The third-order valence-corrected chi connectivity index (χ3v) is 1.71. The van der Waals surface area contributed by atoms with Crippen LogP contribution in [0.4, 0.5) is 0 Å². The Kier molecular flexibility index (Phi) is 7.32. The summed E-state index contributed by atoms with van der Waals surface area (Å²) in [6, 6.07) is 0. The highest BCUT2D eigenvalue weighted by molar-refractivity contribution is 5.60. The predicted octanol–water partition coefficient (Wildman–Crippen LogP) is 0.352. The molecule has 0 atom stereocenters. The zero-order valence-electron chi connectivity index (χ0n) is 9.77. The van der Waals surface area contributed by atoms with Crippen LogP contribution in [0.3, 0.4) is 0 Å². The number of aryl methyl sites for hydroxylation is 2. The molecule has 1 aromatic rings. The van der Waals surface area contributed by atoms with Gasteiger partial charge < -0.3 is 9.90 Å². The molecule has 4 heteroatoms. The van der Waals surface area contributed by atoms with E-state index in [0.29, 0.717) is 0 Å². The molecule has 0 unspecified atom stereocenters. The molecule has 1 rings (SSSR count). The molecule has 0 aliphatic carbocycles. The Labute approximate surface area is 91.2 Å². The molecule has 0 aromatic carbocycles. The number of aliphatic carboxylic acids is 1. The average molecular weight is 212 g/mol. The standard InChI is InChI=1S/C9H17N2.C2H4O2/c1-3-5-10-7-8-11(9-10)6-4-2;1-2(3)4/h7-9H,3-6H2,1-2H3;1H3,(H,3,4)/q+1;/p-1. The summed E-state index contributed by atoms with van der Waals surface area (Å²) < 4.78 is 4.46. The summed E-state index contributed by atoms with van der Waals surface area (Å²) in [4.78, 5) is 8.89. The number of carbonyl (C=O) groups excluding carboxylic acids is 1. The summed E-state index contributed by atoms with van der Waals surface area (Å²) >= 11 is 0. The van der Waals surface area contributed by atoms with Crippen molar-refractivity contribution in [2.45, 2.75) is 46.7 Å². The summed E-state index contributed by atoms with van der Waals surface area (Å²) in [6.45, 7) is 7.64.